The minimum absolute atomic E-state index is 0.0358. The van der Waals surface area contributed by atoms with Gasteiger partial charge in [-0.1, -0.05) is 44.2 Å². The van der Waals surface area contributed by atoms with Gasteiger partial charge in [0.25, 0.3) is 5.91 Å². The summed E-state index contributed by atoms with van der Waals surface area (Å²) < 4.78 is 5.59. The molecule has 1 amide bonds. The highest BCUT2D eigenvalue weighted by atomic mass is 16.5. The van der Waals surface area contributed by atoms with Gasteiger partial charge >= 0.3 is 0 Å². The van der Waals surface area contributed by atoms with Crippen LogP contribution < -0.4 is 10.1 Å². The predicted molar refractivity (Wildman–Crippen MR) is 101 cm³/mol. The number of hydrogen-bond acceptors (Lipinski definition) is 3. The summed E-state index contributed by atoms with van der Waals surface area (Å²) in [5, 5.41) is 3.86. The summed E-state index contributed by atoms with van der Waals surface area (Å²) in [7, 11) is 0. The number of carbonyl (C=O) groups excluding carboxylic acids is 1. The maximum absolute atomic E-state index is 12.2. The lowest BCUT2D eigenvalue weighted by atomic mass is 9.99. The second kappa shape index (κ2) is 7.79. The molecule has 0 aliphatic carbocycles. The second-order valence-corrected chi connectivity index (χ2v) is 6.10. The minimum atomic E-state index is -0.204. The number of benzene rings is 2. The number of rotatable bonds is 6. The maximum Gasteiger partial charge on any atom is 0.262 e. The molecule has 0 bridgehead atoms. The molecule has 1 heterocycles. The third-order valence-corrected chi connectivity index (χ3v) is 4.34. The van der Waals surface area contributed by atoms with Crippen LogP contribution in [0, 0.1) is 0 Å². The van der Waals surface area contributed by atoms with Crippen LogP contribution in [0.5, 0.6) is 5.75 Å². The van der Waals surface area contributed by atoms with E-state index in [0.29, 0.717) is 17.4 Å². The maximum atomic E-state index is 12.2. The van der Waals surface area contributed by atoms with Crippen molar-refractivity contribution < 1.29 is 9.53 Å². The van der Waals surface area contributed by atoms with Gasteiger partial charge in [-0.25, -0.2) is 0 Å². The lowest BCUT2D eigenvalue weighted by Crippen LogP contribution is -2.20. The first kappa shape index (κ1) is 17.0. The molecule has 0 radical (unpaired) electrons. The van der Waals surface area contributed by atoms with Gasteiger partial charge in [-0.05, 0) is 42.2 Å². The zero-order valence-electron chi connectivity index (χ0n) is 14.5. The highest BCUT2D eigenvalue weighted by Crippen LogP contribution is 2.22. The van der Waals surface area contributed by atoms with E-state index in [4.69, 9.17) is 4.74 Å². The molecule has 1 unspecified atom stereocenters. The summed E-state index contributed by atoms with van der Waals surface area (Å²) >= 11 is 0. The number of hydrogen-bond donors (Lipinski definition) is 1. The van der Waals surface area contributed by atoms with Gasteiger partial charge in [0.2, 0.25) is 0 Å². The molecule has 3 aromatic rings. The third kappa shape index (κ3) is 4.15. The summed E-state index contributed by atoms with van der Waals surface area (Å²) in [6, 6.07) is 17.5. The third-order valence-electron chi connectivity index (χ3n) is 4.34. The Labute approximate surface area is 147 Å². The van der Waals surface area contributed by atoms with Crippen molar-refractivity contribution in [3.8, 4) is 5.75 Å². The number of pyridine rings is 1. The molecule has 1 aromatic heterocycles. The van der Waals surface area contributed by atoms with Gasteiger partial charge in [0.1, 0.15) is 5.75 Å². The summed E-state index contributed by atoms with van der Waals surface area (Å²) in [5.74, 6) is 1.01. The number of para-hydroxylation sites is 1. The first-order valence-electron chi connectivity index (χ1n) is 8.53. The molecule has 0 fully saturated rings. The van der Waals surface area contributed by atoms with E-state index in [9.17, 15) is 4.79 Å². The van der Waals surface area contributed by atoms with Gasteiger partial charge in [-0.3, -0.25) is 9.78 Å². The second-order valence-electron chi connectivity index (χ2n) is 6.10. The van der Waals surface area contributed by atoms with E-state index in [2.05, 4.69) is 36.3 Å². The predicted octanol–water partition coefficient (Wildman–Crippen LogP) is 4.77. The fourth-order valence-corrected chi connectivity index (χ4v) is 2.67. The zero-order valence-corrected chi connectivity index (χ0v) is 14.5. The van der Waals surface area contributed by atoms with Gasteiger partial charge in [0, 0.05) is 11.6 Å². The molecule has 0 saturated heterocycles. The van der Waals surface area contributed by atoms with E-state index in [0.717, 1.165) is 17.3 Å². The molecule has 1 atom stereocenters. The van der Waals surface area contributed by atoms with E-state index in [1.807, 2.05) is 42.5 Å². The van der Waals surface area contributed by atoms with Crippen molar-refractivity contribution in [1.29, 1.82) is 0 Å². The topological polar surface area (TPSA) is 51.2 Å². The molecule has 4 heteroatoms. The minimum Gasteiger partial charge on any atom is -0.484 e. The number of anilines is 1. The van der Waals surface area contributed by atoms with Crippen molar-refractivity contribution in [2.24, 2.45) is 0 Å². The van der Waals surface area contributed by atoms with Crippen molar-refractivity contribution in [3.05, 3.63) is 66.4 Å². The zero-order chi connectivity index (χ0) is 17.6. The fraction of sp³-hybridized carbons (Fsp3) is 0.238. The van der Waals surface area contributed by atoms with E-state index >= 15 is 0 Å². The highest BCUT2D eigenvalue weighted by Gasteiger charge is 2.08. The van der Waals surface area contributed by atoms with Crippen LogP contribution in [0.1, 0.15) is 31.7 Å². The first-order valence-corrected chi connectivity index (χ1v) is 8.53. The highest BCUT2D eigenvalue weighted by molar-refractivity contribution is 6.00. The Kier molecular flexibility index (Phi) is 5.29. The number of ether oxygens (including phenoxy) is 1. The first-order chi connectivity index (χ1) is 12.2. The number of nitrogens with one attached hydrogen (secondary N) is 1. The van der Waals surface area contributed by atoms with Crippen LogP contribution in [0.25, 0.3) is 10.9 Å². The van der Waals surface area contributed by atoms with Crippen molar-refractivity contribution in [2.75, 3.05) is 11.9 Å². The molecule has 0 spiro atoms. The molecule has 4 nitrogen and oxygen atoms in total. The molecule has 1 N–H and O–H groups in total. The summed E-state index contributed by atoms with van der Waals surface area (Å²) in [5.41, 5.74) is 2.75. The Morgan fingerprint density at radius 3 is 2.64 bits per heavy atom. The summed E-state index contributed by atoms with van der Waals surface area (Å²) in [4.78, 5) is 16.5. The van der Waals surface area contributed by atoms with Crippen LogP contribution in [-0.4, -0.2) is 17.5 Å². The molecule has 2 aromatic carbocycles. The van der Waals surface area contributed by atoms with Crippen LogP contribution in [0.4, 0.5) is 5.69 Å². The SMILES string of the molecule is CCC(C)c1ccc(OCC(=O)Nc2cccc3cccnc23)cc1. The largest absolute Gasteiger partial charge is 0.484 e. The Morgan fingerprint density at radius 2 is 1.88 bits per heavy atom. The van der Waals surface area contributed by atoms with Crippen LogP contribution in [0.2, 0.25) is 0 Å². The summed E-state index contributed by atoms with van der Waals surface area (Å²) in [6.07, 6.45) is 2.81. The number of nitrogens with zero attached hydrogens (tertiary/aromatic N) is 1. The normalized spacial score (nSPS) is 11.9. The van der Waals surface area contributed by atoms with Crippen LogP contribution >= 0.6 is 0 Å². The van der Waals surface area contributed by atoms with E-state index in [-0.39, 0.29) is 12.5 Å². The van der Waals surface area contributed by atoms with E-state index in [1.165, 1.54) is 5.56 Å². The van der Waals surface area contributed by atoms with Crippen LogP contribution in [0.15, 0.2) is 60.8 Å². The Bertz CT molecular complexity index is 854. The van der Waals surface area contributed by atoms with Gasteiger partial charge in [-0.2, -0.15) is 0 Å². The Morgan fingerprint density at radius 1 is 1.12 bits per heavy atom. The lowest BCUT2D eigenvalue weighted by Gasteiger charge is -2.11. The van der Waals surface area contributed by atoms with E-state index < -0.39 is 0 Å². The number of fused-ring (bicyclic) bond motifs is 1. The molecule has 0 aliphatic rings. The molecule has 3 rings (SSSR count). The van der Waals surface area contributed by atoms with Crippen LogP contribution in [-0.2, 0) is 4.79 Å². The van der Waals surface area contributed by atoms with E-state index in [1.54, 1.807) is 6.20 Å². The standard InChI is InChI=1S/C21H22N2O2/c1-3-15(2)16-9-11-18(12-10-16)25-14-20(24)23-19-8-4-6-17-7-5-13-22-21(17)19/h4-13,15H,3,14H2,1-2H3,(H,23,24). The Balaban J connectivity index is 1.61. The smallest absolute Gasteiger partial charge is 0.262 e. The van der Waals surface area contributed by atoms with Crippen molar-refractivity contribution in [3.63, 3.8) is 0 Å². The van der Waals surface area contributed by atoms with Crippen molar-refractivity contribution in [2.45, 2.75) is 26.2 Å². The molecule has 0 saturated carbocycles. The summed E-state index contributed by atoms with van der Waals surface area (Å²) in [6.45, 7) is 4.33. The number of aromatic nitrogens is 1. The van der Waals surface area contributed by atoms with Crippen molar-refractivity contribution >= 4 is 22.5 Å². The van der Waals surface area contributed by atoms with Crippen LogP contribution in [0.3, 0.4) is 0 Å². The van der Waals surface area contributed by atoms with Gasteiger partial charge in [0.15, 0.2) is 6.61 Å². The van der Waals surface area contributed by atoms with Gasteiger partial charge in [-0.15, -0.1) is 0 Å². The van der Waals surface area contributed by atoms with Gasteiger partial charge in [0.05, 0.1) is 11.2 Å². The average Bonchev–Trinajstić information content (AvgIpc) is 2.66. The monoisotopic (exact) mass is 334 g/mol. The quantitative estimate of drug-likeness (QED) is 0.707. The van der Waals surface area contributed by atoms with Crippen molar-refractivity contribution in [1.82, 2.24) is 4.98 Å². The molecule has 128 valence electrons. The number of carbonyl (C=O) groups is 1. The molecular formula is C21H22N2O2. The van der Waals surface area contributed by atoms with Gasteiger partial charge < -0.3 is 10.1 Å². The number of amides is 1. The average molecular weight is 334 g/mol. The fourth-order valence-electron chi connectivity index (χ4n) is 2.67. The Hall–Kier alpha value is -2.88. The molecular weight excluding hydrogens is 312 g/mol. The lowest BCUT2D eigenvalue weighted by molar-refractivity contribution is -0.118. The molecule has 0 aliphatic heterocycles. The molecule has 25 heavy (non-hydrogen) atoms.